The third kappa shape index (κ3) is 4.39. The maximum Gasteiger partial charge on any atom is 0.321 e. The van der Waals surface area contributed by atoms with Gasteiger partial charge in [-0.05, 0) is 75.3 Å². The molecule has 0 atom stereocenters. The lowest BCUT2D eigenvalue weighted by Crippen LogP contribution is -2.60. The van der Waals surface area contributed by atoms with Crippen LogP contribution in [-0.4, -0.2) is 50.3 Å². The Labute approximate surface area is 178 Å². The quantitative estimate of drug-likeness (QED) is 0.665. The van der Waals surface area contributed by atoms with Crippen molar-refractivity contribution in [1.29, 1.82) is 0 Å². The van der Waals surface area contributed by atoms with Crippen molar-refractivity contribution in [1.82, 2.24) is 9.62 Å². The first-order valence-electron chi connectivity index (χ1n) is 10.6. The number of ether oxygens (including phenoxy) is 1. The van der Waals surface area contributed by atoms with E-state index in [9.17, 15) is 18.0 Å². The van der Waals surface area contributed by atoms with E-state index < -0.39 is 22.5 Å². The van der Waals surface area contributed by atoms with E-state index in [2.05, 4.69) is 5.32 Å². The summed E-state index contributed by atoms with van der Waals surface area (Å²) in [4.78, 5) is 24.7. The van der Waals surface area contributed by atoms with Crippen LogP contribution in [0, 0.1) is 24.7 Å². The number of nitrogens with one attached hydrogen (secondary N) is 1. The summed E-state index contributed by atoms with van der Waals surface area (Å²) >= 11 is 0. The van der Waals surface area contributed by atoms with Crippen molar-refractivity contribution in [2.24, 2.45) is 17.8 Å². The van der Waals surface area contributed by atoms with Gasteiger partial charge in [0.2, 0.25) is 10.0 Å². The fourth-order valence-electron chi connectivity index (χ4n) is 5.94. The SMILES string of the molecule is Cc1ccc(S(=O)(=O)N(C)CC(=O)OCC(=O)NC23CC4CC(CC(C4)C2)C3)cc1. The third-order valence-corrected chi connectivity index (χ3v) is 8.71. The van der Waals surface area contributed by atoms with Gasteiger partial charge < -0.3 is 10.1 Å². The largest absolute Gasteiger partial charge is 0.455 e. The summed E-state index contributed by atoms with van der Waals surface area (Å²) in [7, 11) is -2.47. The van der Waals surface area contributed by atoms with Crippen molar-refractivity contribution in [3.05, 3.63) is 29.8 Å². The lowest BCUT2D eigenvalue weighted by Gasteiger charge is -2.56. The zero-order chi connectivity index (χ0) is 21.5. The summed E-state index contributed by atoms with van der Waals surface area (Å²) < 4.78 is 31.2. The molecule has 30 heavy (non-hydrogen) atoms. The second-order valence-corrected chi connectivity index (χ2v) is 11.5. The molecule has 0 unspecified atom stereocenters. The molecular weight excluding hydrogens is 404 g/mol. The predicted molar refractivity (Wildman–Crippen MR) is 111 cm³/mol. The molecule has 0 spiro atoms. The summed E-state index contributed by atoms with van der Waals surface area (Å²) in [6.45, 7) is 1.05. The van der Waals surface area contributed by atoms with Crippen molar-refractivity contribution < 1.29 is 22.7 Å². The number of benzene rings is 1. The molecule has 164 valence electrons. The maximum absolute atomic E-state index is 12.6. The lowest BCUT2D eigenvalue weighted by molar-refractivity contribution is -0.150. The van der Waals surface area contributed by atoms with Gasteiger partial charge in [-0.15, -0.1) is 0 Å². The van der Waals surface area contributed by atoms with Gasteiger partial charge in [0.05, 0.1) is 4.90 Å². The summed E-state index contributed by atoms with van der Waals surface area (Å²) in [6.07, 6.45) is 6.92. The summed E-state index contributed by atoms with van der Waals surface area (Å²) in [6, 6.07) is 6.42. The highest BCUT2D eigenvalue weighted by atomic mass is 32.2. The van der Waals surface area contributed by atoms with Gasteiger partial charge in [-0.1, -0.05) is 17.7 Å². The van der Waals surface area contributed by atoms with E-state index in [0.29, 0.717) is 17.8 Å². The van der Waals surface area contributed by atoms with Crippen LogP contribution in [-0.2, 0) is 24.3 Å². The highest BCUT2D eigenvalue weighted by molar-refractivity contribution is 7.89. The number of esters is 1. The summed E-state index contributed by atoms with van der Waals surface area (Å²) in [5, 5.41) is 3.15. The molecule has 0 aliphatic heterocycles. The van der Waals surface area contributed by atoms with Crippen LogP contribution < -0.4 is 5.32 Å². The Bertz CT molecular complexity index is 890. The molecule has 0 radical (unpaired) electrons. The van der Waals surface area contributed by atoms with E-state index in [1.807, 2.05) is 6.92 Å². The highest BCUT2D eigenvalue weighted by Gasteiger charge is 2.51. The van der Waals surface area contributed by atoms with Crippen LogP contribution in [0.5, 0.6) is 0 Å². The number of carbonyl (C=O) groups is 2. The summed E-state index contributed by atoms with van der Waals surface area (Å²) in [5.74, 6) is 1.09. The molecule has 5 rings (SSSR count). The number of nitrogens with zero attached hydrogens (tertiary/aromatic N) is 1. The average Bonchev–Trinajstić information content (AvgIpc) is 2.65. The van der Waals surface area contributed by atoms with Crippen LogP contribution in [0.1, 0.15) is 44.1 Å². The zero-order valence-corrected chi connectivity index (χ0v) is 18.4. The molecule has 4 fully saturated rings. The number of likely N-dealkylation sites (N-methyl/N-ethyl adjacent to an activating group) is 1. The number of sulfonamides is 1. The van der Waals surface area contributed by atoms with Gasteiger partial charge in [-0.2, -0.15) is 4.31 Å². The van der Waals surface area contributed by atoms with Crippen LogP contribution in [0.15, 0.2) is 29.2 Å². The minimum absolute atomic E-state index is 0.114. The number of rotatable bonds is 7. The van der Waals surface area contributed by atoms with E-state index >= 15 is 0 Å². The molecule has 1 N–H and O–H groups in total. The Morgan fingerprint density at radius 3 is 2.13 bits per heavy atom. The molecule has 4 saturated carbocycles. The molecule has 0 heterocycles. The fraction of sp³-hybridized carbons (Fsp3) is 0.636. The minimum Gasteiger partial charge on any atom is -0.455 e. The number of hydrogen-bond donors (Lipinski definition) is 1. The lowest BCUT2D eigenvalue weighted by atomic mass is 9.53. The predicted octanol–water partition coefficient (Wildman–Crippen LogP) is 2.24. The second-order valence-electron chi connectivity index (χ2n) is 9.48. The first kappa shape index (κ1) is 21.3. The molecule has 1 amide bonds. The smallest absolute Gasteiger partial charge is 0.321 e. The van der Waals surface area contributed by atoms with Gasteiger partial charge in [0.15, 0.2) is 6.61 Å². The van der Waals surface area contributed by atoms with Crippen molar-refractivity contribution in [2.45, 2.75) is 55.9 Å². The topological polar surface area (TPSA) is 92.8 Å². The van der Waals surface area contributed by atoms with E-state index in [1.54, 1.807) is 12.1 Å². The molecule has 7 nitrogen and oxygen atoms in total. The molecule has 0 saturated heterocycles. The van der Waals surface area contributed by atoms with Gasteiger partial charge in [0.1, 0.15) is 6.54 Å². The van der Waals surface area contributed by atoms with Gasteiger partial charge in [0, 0.05) is 12.6 Å². The Morgan fingerprint density at radius 1 is 1.07 bits per heavy atom. The van der Waals surface area contributed by atoms with Crippen molar-refractivity contribution in [2.75, 3.05) is 20.2 Å². The normalized spacial score (nSPS) is 29.8. The molecular formula is C22H30N2O5S. The molecule has 4 aliphatic carbocycles. The van der Waals surface area contributed by atoms with Crippen LogP contribution in [0.3, 0.4) is 0 Å². The van der Waals surface area contributed by atoms with Crippen molar-refractivity contribution >= 4 is 21.9 Å². The number of hydrogen-bond acceptors (Lipinski definition) is 5. The van der Waals surface area contributed by atoms with Gasteiger partial charge in [-0.25, -0.2) is 8.42 Å². The second kappa shape index (κ2) is 7.96. The number of carbonyl (C=O) groups excluding carboxylic acids is 2. The number of aryl methyl sites for hydroxylation is 1. The average molecular weight is 435 g/mol. The van der Waals surface area contributed by atoms with Crippen LogP contribution in [0.2, 0.25) is 0 Å². The molecule has 8 heteroatoms. The summed E-state index contributed by atoms with van der Waals surface area (Å²) in [5.41, 5.74) is 0.810. The van der Waals surface area contributed by atoms with Crippen molar-refractivity contribution in [3.8, 4) is 0 Å². The Morgan fingerprint density at radius 2 is 1.60 bits per heavy atom. The van der Waals surface area contributed by atoms with Crippen LogP contribution >= 0.6 is 0 Å². The minimum atomic E-state index is -3.79. The molecule has 1 aromatic carbocycles. The Hall–Kier alpha value is -1.93. The maximum atomic E-state index is 12.6. The molecule has 1 aromatic rings. The van der Waals surface area contributed by atoms with Gasteiger partial charge in [-0.3, -0.25) is 9.59 Å². The third-order valence-electron chi connectivity index (χ3n) is 6.89. The van der Waals surface area contributed by atoms with Gasteiger partial charge in [0.25, 0.3) is 5.91 Å². The number of amides is 1. The molecule has 4 aliphatic rings. The standard InChI is InChI=1S/C22H30N2O5S/c1-15-3-5-19(6-4-15)30(27,28)24(2)13-21(26)29-14-20(25)23-22-10-16-7-17(11-22)9-18(8-16)12-22/h3-6,16-18H,7-14H2,1-2H3,(H,23,25). The monoisotopic (exact) mass is 434 g/mol. The van der Waals surface area contributed by atoms with E-state index in [4.69, 9.17) is 4.74 Å². The molecule has 4 bridgehead atoms. The van der Waals surface area contributed by atoms with Crippen LogP contribution in [0.4, 0.5) is 0 Å². The van der Waals surface area contributed by atoms with Gasteiger partial charge >= 0.3 is 5.97 Å². The van der Waals surface area contributed by atoms with E-state index in [1.165, 1.54) is 38.4 Å². The van der Waals surface area contributed by atoms with E-state index in [0.717, 1.165) is 29.1 Å². The Balaban J connectivity index is 1.27. The fourth-order valence-corrected chi connectivity index (χ4v) is 7.06. The van der Waals surface area contributed by atoms with Crippen LogP contribution in [0.25, 0.3) is 0 Å². The zero-order valence-electron chi connectivity index (χ0n) is 17.6. The first-order chi connectivity index (χ1) is 14.1. The highest BCUT2D eigenvalue weighted by Crippen LogP contribution is 2.55. The first-order valence-corrected chi connectivity index (χ1v) is 12.1. The Kier molecular flexibility index (Phi) is 5.66. The van der Waals surface area contributed by atoms with E-state index in [-0.39, 0.29) is 22.9 Å². The molecule has 0 aromatic heterocycles. The van der Waals surface area contributed by atoms with Crippen molar-refractivity contribution in [3.63, 3.8) is 0 Å².